The first-order valence-corrected chi connectivity index (χ1v) is 7.65. The molecule has 1 amide bonds. The van der Waals surface area contributed by atoms with Crippen LogP contribution in [-0.2, 0) is 9.53 Å². The third-order valence-corrected chi connectivity index (χ3v) is 4.10. The minimum atomic E-state index is -0.137. The molecule has 1 saturated heterocycles. The van der Waals surface area contributed by atoms with Crippen LogP contribution >= 0.6 is 0 Å². The second kappa shape index (κ2) is 7.15. The van der Waals surface area contributed by atoms with Crippen LogP contribution in [0.15, 0.2) is 36.7 Å². The van der Waals surface area contributed by atoms with Gasteiger partial charge >= 0.3 is 0 Å². The molecule has 1 aliphatic rings. The van der Waals surface area contributed by atoms with Crippen LogP contribution in [0, 0.1) is 11.3 Å². The van der Waals surface area contributed by atoms with Crippen molar-refractivity contribution in [2.75, 3.05) is 20.3 Å². The average molecular weight is 326 g/mol. The van der Waals surface area contributed by atoms with Crippen LogP contribution in [0.3, 0.4) is 0 Å². The molecule has 1 aromatic heterocycles. The number of benzene rings is 1. The van der Waals surface area contributed by atoms with E-state index in [2.05, 4.69) is 9.97 Å². The zero-order chi connectivity index (χ0) is 16.9. The number of amides is 1. The Labute approximate surface area is 139 Å². The van der Waals surface area contributed by atoms with Crippen LogP contribution < -0.4 is 4.74 Å². The van der Waals surface area contributed by atoms with Gasteiger partial charge in [0, 0.05) is 32.5 Å². The number of carbonyl (C=O) groups excluding carboxylic acids is 1. The lowest BCUT2D eigenvalue weighted by molar-refractivity contribution is -0.134. The number of aromatic nitrogens is 2. The number of ether oxygens (including phenoxy) is 2. The lowest BCUT2D eigenvalue weighted by atomic mass is 10.2. The Morgan fingerprint density at radius 1 is 1.46 bits per heavy atom. The number of aromatic amines is 1. The fourth-order valence-corrected chi connectivity index (χ4v) is 2.82. The van der Waals surface area contributed by atoms with Gasteiger partial charge in [-0.1, -0.05) is 0 Å². The first kappa shape index (κ1) is 16.0. The van der Waals surface area contributed by atoms with Gasteiger partial charge in [-0.05, 0) is 24.3 Å². The van der Waals surface area contributed by atoms with E-state index in [1.165, 1.54) is 0 Å². The summed E-state index contributed by atoms with van der Waals surface area (Å²) >= 11 is 0. The van der Waals surface area contributed by atoms with Crippen molar-refractivity contribution in [1.82, 2.24) is 14.9 Å². The number of likely N-dealkylation sites (tertiary alicyclic amines) is 1. The first-order chi connectivity index (χ1) is 11.7. The van der Waals surface area contributed by atoms with Crippen LogP contribution in [0.25, 0.3) is 0 Å². The Kier molecular flexibility index (Phi) is 4.77. The van der Waals surface area contributed by atoms with Gasteiger partial charge < -0.3 is 19.4 Å². The molecule has 7 heteroatoms. The van der Waals surface area contributed by atoms with Gasteiger partial charge in [-0.25, -0.2) is 4.98 Å². The SMILES string of the molecule is CO[C@@H]1C[C@@H](c2ncc[nH]2)N(C(=O)COc2ccc(C#N)cc2)C1. The number of nitrogens with one attached hydrogen (secondary N) is 1. The van der Waals surface area contributed by atoms with Gasteiger partial charge in [-0.2, -0.15) is 5.26 Å². The molecule has 2 aromatic rings. The van der Waals surface area contributed by atoms with Crippen LogP contribution in [0.4, 0.5) is 0 Å². The third kappa shape index (κ3) is 3.39. The number of carbonyl (C=O) groups is 1. The summed E-state index contributed by atoms with van der Waals surface area (Å²) in [6.45, 7) is 0.441. The lowest BCUT2D eigenvalue weighted by Gasteiger charge is -2.23. The Morgan fingerprint density at radius 2 is 2.25 bits per heavy atom. The molecule has 1 N–H and O–H groups in total. The molecule has 0 unspecified atom stereocenters. The first-order valence-electron chi connectivity index (χ1n) is 7.65. The highest BCUT2D eigenvalue weighted by Crippen LogP contribution is 2.31. The van der Waals surface area contributed by atoms with Crippen LogP contribution in [-0.4, -0.2) is 47.1 Å². The average Bonchev–Trinajstić information content (AvgIpc) is 3.29. The maximum absolute atomic E-state index is 12.6. The minimum Gasteiger partial charge on any atom is -0.484 e. The number of H-pyrrole nitrogens is 1. The van der Waals surface area contributed by atoms with Crippen LogP contribution in [0.1, 0.15) is 23.9 Å². The fraction of sp³-hybridized carbons (Fsp3) is 0.353. The minimum absolute atomic E-state index is 0.0148. The number of imidazole rings is 1. The van der Waals surface area contributed by atoms with Crippen molar-refractivity contribution in [1.29, 1.82) is 5.26 Å². The maximum atomic E-state index is 12.6. The van der Waals surface area contributed by atoms with E-state index in [-0.39, 0.29) is 24.7 Å². The second-order valence-electron chi connectivity index (χ2n) is 5.55. The van der Waals surface area contributed by atoms with E-state index in [9.17, 15) is 4.79 Å². The smallest absolute Gasteiger partial charge is 0.261 e. The summed E-state index contributed by atoms with van der Waals surface area (Å²) < 4.78 is 10.9. The van der Waals surface area contributed by atoms with Gasteiger partial charge in [-0.3, -0.25) is 4.79 Å². The van der Waals surface area contributed by atoms with Crippen molar-refractivity contribution in [2.24, 2.45) is 0 Å². The molecule has 0 bridgehead atoms. The van der Waals surface area contributed by atoms with E-state index in [1.807, 2.05) is 6.07 Å². The number of hydrogen-bond acceptors (Lipinski definition) is 5. The zero-order valence-corrected chi connectivity index (χ0v) is 13.3. The van der Waals surface area contributed by atoms with Crippen LogP contribution in [0.5, 0.6) is 5.75 Å². The van der Waals surface area contributed by atoms with Crippen molar-refractivity contribution in [3.05, 3.63) is 48.0 Å². The Morgan fingerprint density at radius 3 is 2.88 bits per heavy atom. The number of rotatable bonds is 5. The van der Waals surface area contributed by atoms with Gasteiger partial charge in [0.05, 0.1) is 23.8 Å². The molecule has 24 heavy (non-hydrogen) atoms. The predicted molar refractivity (Wildman–Crippen MR) is 85.1 cm³/mol. The maximum Gasteiger partial charge on any atom is 0.261 e. The molecule has 0 aliphatic carbocycles. The molecular weight excluding hydrogens is 308 g/mol. The van der Waals surface area contributed by atoms with Crippen molar-refractivity contribution in [2.45, 2.75) is 18.6 Å². The summed E-state index contributed by atoms with van der Waals surface area (Å²) in [6, 6.07) is 8.57. The van der Waals surface area contributed by atoms with Gasteiger partial charge in [-0.15, -0.1) is 0 Å². The van der Waals surface area contributed by atoms with Crippen molar-refractivity contribution in [3.8, 4) is 11.8 Å². The predicted octanol–water partition coefficient (Wildman–Crippen LogP) is 1.65. The highest BCUT2D eigenvalue weighted by atomic mass is 16.5. The fourth-order valence-electron chi connectivity index (χ4n) is 2.82. The molecule has 0 radical (unpaired) electrons. The molecule has 7 nitrogen and oxygen atoms in total. The van der Waals surface area contributed by atoms with E-state index >= 15 is 0 Å². The number of methoxy groups -OCH3 is 1. The largest absolute Gasteiger partial charge is 0.484 e. The van der Waals surface area contributed by atoms with Crippen LogP contribution in [0.2, 0.25) is 0 Å². The molecule has 1 aromatic carbocycles. The van der Waals surface area contributed by atoms with E-state index in [0.717, 1.165) is 5.82 Å². The topological polar surface area (TPSA) is 91.2 Å². The van der Waals surface area contributed by atoms with E-state index in [0.29, 0.717) is 24.3 Å². The number of nitriles is 1. The van der Waals surface area contributed by atoms with Crippen molar-refractivity contribution in [3.63, 3.8) is 0 Å². The standard InChI is InChI=1S/C17H18N4O3/c1-23-14-8-15(17-19-6-7-20-17)21(10-14)16(22)11-24-13-4-2-12(9-18)3-5-13/h2-7,14-15H,8,10-11H2,1H3,(H,19,20)/t14-,15+/m1/s1. The molecule has 0 spiro atoms. The Bertz CT molecular complexity index is 721. The van der Waals surface area contributed by atoms with Gasteiger partial charge in [0.25, 0.3) is 5.91 Å². The monoisotopic (exact) mass is 326 g/mol. The molecule has 2 atom stereocenters. The number of nitrogens with zero attached hydrogens (tertiary/aromatic N) is 3. The number of hydrogen-bond donors (Lipinski definition) is 1. The molecule has 0 saturated carbocycles. The summed E-state index contributed by atoms with van der Waals surface area (Å²) in [4.78, 5) is 21.6. The second-order valence-corrected chi connectivity index (χ2v) is 5.55. The van der Waals surface area contributed by atoms with Gasteiger partial charge in [0.2, 0.25) is 0 Å². The van der Waals surface area contributed by atoms with E-state index in [1.54, 1.807) is 48.7 Å². The lowest BCUT2D eigenvalue weighted by Crippen LogP contribution is -2.36. The zero-order valence-electron chi connectivity index (χ0n) is 13.3. The highest BCUT2D eigenvalue weighted by molar-refractivity contribution is 5.78. The summed E-state index contributed by atoms with van der Waals surface area (Å²) in [5, 5.41) is 8.79. The van der Waals surface area contributed by atoms with E-state index < -0.39 is 0 Å². The van der Waals surface area contributed by atoms with E-state index in [4.69, 9.17) is 14.7 Å². The summed E-state index contributed by atoms with van der Waals surface area (Å²) in [5.41, 5.74) is 0.550. The third-order valence-electron chi connectivity index (χ3n) is 4.10. The van der Waals surface area contributed by atoms with Gasteiger partial charge in [0.15, 0.2) is 6.61 Å². The normalized spacial score (nSPS) is 19.9. The Hall–Kier alpha value is -2.85. The summed E-state index contributed by atoms with van der Waals surface area (Å²) in [7, 11) is 1.64. The molecule has 1 aliphatic heterocycles. The van der Waals surface area contributed by atoms with Gasteiger partial charge in [0.1, 0.15) is 11.6 Å². The Balaban J connectivity index is 1.65. The quantitative estimate of drug-likeness (QED) is 0.902. The molecule has 124 valence electrons. The summed E-state index contributed by atoms with van der Waals surface area (Å²) in [6.07, 6.45) is 4.10. The molecule has 1 fully saturated rings. The summed E-state index contributed by atoms with van der Waals surface area (Å²) in [5.74, 6) is 1.18. The molecule has 3 rings (SSSR count). The highest BCUT2D eigenvalue weighted by Gasteiger charge is 2.37. The van der Waals surface area contributed by atoms with Crippen molar-refractivity contribution >= 4 is 5.91 Å². The van der Waals surface area contributed by atoms with Crippen molar-refractivity contribution < 1.29 is 14.3 Å². The molecular formula is C17H18N4O3. The molecule has 2 heterocycles.